The summed E-state index contributed by atoms with van der Waals surface area (Å²) < 4.78 is 70.7. The Morgan fingerprint density at radius 1 is 0.840 bits per heavy atom. The van der Waals surface area contributed by atoms with Gasteiger partial charge in [-0.1, -0.05) is 6.07 Å². The molecule has 2 aliphatic rings. The Morgan fingerprint density at radius 3 is 2.22 bits per heavy atom. The fraction of sp³-hybridized carbons (Fsp3) is 0.270. The number of rotatable bonds is 10. The Balaban J connectivity index is 0.927. The van der Waals surface area contributed by atoms with Crippen LogP contribution in [0.25, 0.3) is 0 Å². The van der Waals surface area contributed by atoms with Gasteiger partial charge in [-0.3, -0.25) is 4.79 Å². The highest BCUT2D eigenvalue weighted by molar-refractivity contribution is 6.04. The predicted octanol–water partition coefficient (Wildman–Crippen LogP) is 6.42. The highest BCUT2D eigenvalue weighted by atomic mass is 19.1. The van der Waals surface area contributed by atoms with Gasteiger partial charge in [0.2, 0.25) is 0 Å². The lowest BCUT2D eigenvalue weighted by Gasteiger charge is -2.37. The van der Waals surface area contributed by atoms with E-state index < -0.39 is 23.1 Å². The van der Waals surface area contributed by atoms with Gasteiger partial charge in [0.25, 0.3) is 5.91 Å². The molecule has 13 heteroatoms. The zero-order valence-corrected chi connectivity index (χ0v) is 26.9. The van der Waals surface area contributed by atoms with Crippen LogP contribution in [0.3, 0.4) is 0 Å². The van der Waals surface area contributed by atoms with Gasteiger partial charge in [0.15, 0.2) is 11.6 Å². The van der Waals surface area contributed by atoms with E-state index in [1.165, 1.54) is 55.1 Å². The number of nitrogens with zero attached hydrogens (tertiary/aromatic N) is 5. The zero-order chi connectivity index (χ0) is 34.7. The van der Waals surface area contributed by atoms with E-state index in [0.717, 1.165) is 17.4 Å². The Kier molecular flexibility index (Phi) is 9.40. The first kappa shape index (κ1) is 33.1. The van der Waals surface area contributed by atoms with E-state index in [1.807, 2.05) is 18.2 Å². The molecule has 4 aromatic carbocycles. The highest BCUT2D eigenvalue weighted by Gasteiger charge is 2.44. The Morgan fingerprint density at radius 2 is 1.54 bits per heavy atom. The molecule has 2 aliphatic heterocycles. The summed E-state index contributed by atoms with van der Waals surface area (Å²) in [6.07, 6.45) is 3.23. The molecule has 2 atom stereocenters. The third kappa shape index (κ3) is 7.27. The first-order chi connectivity index (χ1) is 24.2. The van der Waals surface area contributed by atoms with Gasteiger partial charge in [-0.05, 0) is 73.2 Å². The Bertz CT molecular complexity index is 1940. The number of nitrogens with one attached hydrogen (secondary N) is 1. The molecule has 0 radical (unpaired) electrons. The molecule has 0 bridgehead atoms. The lowest BCUT2D eigenvalue weighted by molar-refractivity contribution is -0.0206. The van der Waals surface area contributed by atoms with Crippen molar-refractivity contribution in [2.24, 2.45) is 5.92 Å². The molecule has 2 saturated heterocycles. The average Bonchev–Trinajstić information content (AvgIpc) is 3.79. The Hall–Kier alpha value is -5.43. The van der Waals surface area contributed by atoms with Crippen LogP contribution in [0.2, 0.25) is 0 Å². The number of aromatic nitrogens is 3. The third-order valence-corrected chi connectivity index (χ3v) is 9.15. The van der Waals surface area contributed by atoms with Gasteiger partial charge in [-0.2, -0.15) is 5.10 Å². The van der Waals surface area contributed by atoms with Crippen LogP contribution in [0.15, 0.2) is 97.6 Å². The standard InChI is InChI=1S/C37H34F4N6O3/c38-27-3-6-29(7-4-27)44-36(48)26-1-8-30(9-2-26)45-13-15-46(16-14-45)31-10-12-35(34(41)18-31)49-20-25-19-37(50-21-25,22-47-24-42-23-43-47)32-11-5-28(39)17-33(32)40/h1-12,17-18,23-25H,13-16,19-22H2,(H,44,48)/t25-,37+/m1/s1. The van der Waals surface area contributed by atoms with E-state index in [-0.39, 0.29) is 48.7 Å². The van der Waals surface area contributed by atoms with Crippen molar-refractivity contribution < 1.29 is 31.8 Å². The van der Waals surface area contributed by atoms with Gasteiger partial charge in [-0.15, -0.1) is 0 Å². The maximum atomic E-state index is 15.3. The number of piperazine rings is 1. The van der Waals surface area contributed by atoms with Gasteiger partial charge in [-0.25, -0.2) is 27.2 Å². The second kappa shape index (κ2) is 14.2. The van der Waals surface area contributed by atoms with E-state index in [1.54, 1.807) is 22.9 Å². The summed E-state index contributed by atoms with van der Waals surface area (Å²) in [6.45, 7) is 3.29. The van der Waals surface area contributed by atoms with Crippen LogP contribution in [0, 0.1) is 29.2 Å². The van der Waals surface area contributed by atoms with Crippen LogP contribution in [0.5, 0.6) is 5.75 Å². The molecule has 5 aromatic rings. The van der Waals surface area contributed by atoms with E-state index in [4.69, 9.17) is 9.47 Å². The summed E-state index contributed by atoms with van der Waals surface area (Å²) in [5.41, 5.74) is 1.81. The zero-order valence-electron chi connectivity index (χ0n) is 26.9. The third-order valence-electron chi connectivity index (χ3n) is 9.15. The van der Waals surface area contributed by atoms with Crippen LogP contribution in [0.4, 0.5) is 34.6 Å². The predicted molar refractivity (Wildman–Crippen MR) is 179 cm³/mol. The number of hydrogen-bond donors (Lipinski definition) is 1. The molecule has 50 heavy (non-hydrogen) atoms. The first-order valence-electron chi connectivity index (χ1n) is 16.3. The number of amides is 1. The highest BCUT2D eigenvalue weighted by Crippen LogP contribution is 2.42. The van der Waals surface area contributed by atoms with Crippen molar-refractivity contribution in [3.05, 3.63) is 132 Å². The van der Waals surface area contributed by atoms with Crippen LogP contribution >= 0.6 is 0 Å². The maximum absolute atomic E-state index is 15.3. The minimum absolute atomic E-state index is 0.109. The lowest BCUT2D eigenvalue weighted by atomic mass is 9.87. The first-order valence-corrected chi connectivity index (χ1v) is 16.3. The summed E-state index contributed by atoms with van der Waals surface area (Å²) in [4.78, 5) is 20.9. The molecule has 0 unspecified atom stereocenters. The molecule has 3 heterocycles. The number of carbonyl (C=O) groups is 1. The van der Waals surface area contributed by atoms with Crippen molar-refractivity contribution in [2.45, 2.75) is 18.6 Å². The van der Waals surface area contributed by atoms with Gasteiger partial charge in [0.1, 0.15) is 35.7 Å². The minimum atomic E-state index is -1.12. The fourth-order valence-corrected chi connectivity index (χ4v) is 6.58. The number of carbonyl (C=O) groups excluding carboxylic acids is 1. The quantitative estimate of drug-likeness (QED) is 0.170. The molecule has 9 nitrogen and oxygen atoms in total. The SMILES string of the molecule is O=C(Nc1ccc(F)cc1)c1ccc(N2CCN(c3ccc(OC[C@@H]4CO[C@@](Cn5cncn5)(c5ccc(F)cc5F)C4)c(F)c3)CC2)cc1. The Labute approximate surface area is 286 Å². The molecule has 1 aromatic heterocycles. The smallest absolute Gasteiger partial charge is 0.255 e. The molecule has 0 spiro atoms. The van der Waals surface area contributed by atoms with E-state index >= 15 is 4.39 Å². The van der Waals surface area contributed by atoms with Gasteiger partial charge in [0, 0.05) is 72.4 Å². The van der Waals surface area contributed by atoms with Crippen molar-refractivity contribution in [2.75, 3.05) is 54.5 Å². The van der Waals surface area contributed by atoms with Crippen molar-refractivity contribution in [3.63, 3.8) is 0 Å². The van der Waals surface area contributed by atoms with Crippen molar-refractivity contribution in [1.82, 2.24) is 14.8 Å². The normalized spacial score (nSPS) is 19.1. The molecule has 7 rings (SSSR count). The summed E-state index contributed by atoms with van der Waals surface area (Å²) in [5, 5.41) is 6.90. The second-order valence-electron chi connectivity index (χ2n) is 12.5. The largest absolute Gasteiger partial charge is 0.490 e. The lowest BCUT2D eigenvalue weighted by Crippen LogP contribution is -2.46. The van der Waals surface area contributed by atoms with Crippen LogP contribution in [0.1, 0.15) is 22.3 Å². The van der Waals surface area contributed by atoms with Gasteiger partial charge >= 0.3 is 0 Å². The van der Waals surface area contributed by atoms with Crippen molar-refractivity contribution >= 4 is 23.0 Å². The molecular weight excluding hydrogens is 652 g/mol. The number of benzene rings is 4. The molecule has 2 fully saturated rings. The monoisotopic (exact) mass is 686 g/mol. The fourth-order valence-electron chi connectivity index (χ4n) is 6.58. The van der Waals surface area contributed by atoms with Crippen LogP contribution < -0.4 is 19.9 Å². The van der Waals surface area contributed by atoms with Gasteiger partial charge < -0.3 is 24.6 Å². The molecule has 0 aliphatic carbocycles. The maximum Gasteiger partial charge on any atom is 0.255 e. The van der Waals surface area contributed by atoms with Crippen LogP contribution in [-0.4, -0.2) is 60.1 Å². The second-order valence-corrected chi connectivity index (χ2v) is 12.5. The summed E-state index contributed by atoms with van der Waals surface area (Å²) in [5.74, 6) is -2.61. The van der Waals surface area contributed by atoms with E-state index in [9.17, 15) is 18.0 Å². The number of halogens is 4. The summed E-state index contributed by atoms with van der Waals surface area (Å²) >= 11 is 0. The topological polar surface area (TPSA) is 84.8 Å². The summed E-state index contributed by atoms with van der Waals surface area (Å²) in [6, 6.07) is 21.2. The van der Waals surface area contributed by atoms with Crippen molar-refractivity contribution in [1.29, 1.82) is 0 Å². The van der Waals surface area contributed by atoms with Gasteiger partial charge in [0.05, 0.1) is 19.8 Å². The van der Waals surface area contributed by atoms with Crippen molar-refractivity contribution in [3.8, 4) is 5.75 Å². The molecule has 258 valence electrons. The summed E-state index contributed by atoms with van der Waals surface area (Å²) in [7, 11) is 0. The number of anilines is 3. The molecule has 1 amide bonds. The molecule has 0 saturated carbocycles. The van der Waals surface area contributed by atoms with Crippen LogP contribution in [-0.2, 0) is 16.9 Å². The number of ether oxygens (including phenoxy) is 2. The molecule has 1 N–H and O–H groups in total. The molecular formula is C37H34F4N6O3. The van der Waals surface area contributed by atoms with E-state index in [0.29, 0.717) is 43.9 Å². The number of hydrogen-bond acceptors (Lipinski definition) is 7. The minimum Gasteiger partial charge on any atom is -0.490 e. The average molecular weight is 687 g/mol. The van der Waals surface area contributed by atoms with E-state index in [2.05, 4.69) is 25.2 Å².